The minimum atomic E-state index is 0.424. The molecular weight excluding hydrogens is 190 g/mol. The van der Waals surface area contributed by atoms with E-state index in [9.17, 15) is 0 Å². The zero-order valence-corrected chi connectivity index (χ0v) is 9.23. The first-order valence-corrected chi connectivity index (χ1v) is 5.88. The minimum absolute atomic E-state index is 0.424. The van der Waals surface area contributed by atoms with Crippen LogP contribution in [0.1, 0.15) is 18.1 Å². The second-order valence-corrected chi connectivity index (χ2v) is 4.11. The topological polar surface area (TPSA) is 26.0 Å². The quantitative estimate of drug-likeness (QED) is 0.766. The van der Waals surface area contributed by atoms with Crippen molar-refractivity contribution in [3.8, 4) is 11.8 Å². The molecule has 0 aromatic heterocycles. The molecule has 2 N–H and O–H groups in total. The molecule has 0 radical (unpaired) electrons. The lowest BCUT2D eigenvalue weighted by molar-refractivity contribution is 1.30. The van der Waals surface area contributed by atoms with Crippen molar-refractivity contribution >= 4 is 11.8 Å². The maximum Gasteiger partial charge on any atom is 0.0555 e. The molecule has 0 bridgehead atoms. The standard InChI is InChI=1S/C12H15NS/c1-2-14-10-12-7-5-11(6-8-12)4-3-9-13/h5-8H,2,9-10,13H2,1H3. The van der Waals surface area contributed by atoms with Crippen LogP contribution in [0.4, 0.5) is 0 Å². The van der Waals surface area contributed by atoms with Gasteiger partial charge in [0, 0.05) is 11.3 Å². The summed E-state index contributed by atoms with van der Waals surface area (Å²) in [5, 5.41) is 0. The first kappa shape index (κ1) is 11.2. The van der Waals surface area contributed by atoms with E-state index in [4.69, 9.17) is 5.73 Å². The van der Waals surface area contributed by atoms with Gasteiger partial charge in [-0.2, -0.15) is 11.8 Å². The largest absolute Gasteiger partial charge is 0.320 e. The third-order valence-electron chi connectivity index (χ3n) is 1.76. The summed E-state index contributed by atoms with van der Waals surface area (Å²) in [6, 6.07) is 8.36. The fraction of sp³-hybridized carbons (Fsp3) is 0.333. The molecule has 0 aliphatic heterocycles. The predicted octanol–water partition coefficient (Wildman–Crippen LogP) is 2.25. The number of hydrogen-bond acceptors (Lipinski definition) is 2. The molecule has 14 heavy (non-hydrogen) atoms. The van der Waals surface area contributed by atoms with E-state index in [1.54, 1.807) is 0 Å². The predicted molar refractivity (Wildman–Crippen MR) is 64.2 cm³/mol. The lowest BCUT2D eigenvalue weighted by Gasteiger charge is -1.98. The van der Waals surface area contributed by atoms with Gasteiger partial charge in [-0.1, -0.05) is 30.9 Å². The Bertz CT molecular complexity index is 318. The highest BCUT2D eigenvalue weighted by atomic mass is 32.2. The SMILES string of the molecule is CCSCc1ccc(C#CCN)cc1. The highest BCUT2D eigenvalue weighted by molar-refractivity contribution is 7.98. The lowest BCUT2D eigenvalue weighted by atomic mass is 10.1. The smallest absolute Gasteiger partial charge is 0.0555 e. The molecule has 0 unspecified atom stereocenters. The fourth-order valence-corrected chi connectivity index (χ4v) is 1.69. The zero-order chi connectivity index (χ0) is 10.2. The van der Waals surface area contributed by atoms with Crippen molar-refractivity contribution < 1.29 is 0 Å². The molecule has 0 spiro atoms. The summed E-state index contributed by atoms with van der Waals surface area (Å²) in [7, 11) is 0. The van der Waals surface area contributed by atoms with Gasteiger partial charge in [0.05, 0.1) is 6.54 Å². The van der Waals surface area contributed by atoms with Gasteiger partial charge in [-0.15, -0.1) is 0 Å². The van der Waals surface area contributed by atoms with Crippen molar-refractivity contribution in [2.24, 2.45) is 5.73 Å². The lowest BCUT2D eigenvalue weighted by Crippen LogP contribution is -1.93. The van der Waals surface area contributed by atoms with Crippen molar-refractivity contribution in [3.05, 3.63) is 35.4 Å². The van der Waals surface area contributed by atoms with Crippen LogP contribution in [0.25, 0.3) is 0 Å². The van der Waals surface area contributed by atoms with E-state index >= 15 is 0 Å². The van der Waals surface area contributed by atoms with Crippen molar-refractivity contribution in [2.45, 2.75) is 12.7 Å². The second kappa shape index (κ2) is 6.53. The molecule has 1 aromatic carbocycles. The van der Waals surface area contributed by atoms with Crippen LogP contribution in [0, 0.1) is 11.8 Å². The monoisotopic (exact) mass is 205 g/mol. The Morgan fingerprint density at radius 3 is 2.57 bits per heavy atom. The van der Waals surface area contributed by atoms with Gasteiger partial charge in [-0.05, 0) is 23.4 Å². The van der Waals surface area contributed by atoms with Gasteiger partial charge in [0.1, 0.15) is 0 Å². The average molecular weight is 205 g/mol. The first-order valence-electron chi connectivity index (χ1n) is 4.72. The highest BCUT2D eigenvalue weighted by Gasteiger charge is 1.91. The molecule has 0 heterocycles. The summed E-state index contributed by atoms with van der Waals surface area (Å²) in [5.41, 5.74) is 7.69. The molecule has 1 aromatic rings. The summed E-state index contributed by atoms with van der Waals surface area (Å²) in [6.07, 6.45) is 0. The Hall–Kier alpha value is -0.910. The van der Waals surface area contributed by atoms with Gasteiger partial charge >= 0.3 is 0 Å². The van der Waals surface area contributed by atoms with Crippen molar-refractivity contribution in [2.75, 3.05) is 12.3 Å². The number of benzene rings is 1. The van der Waals surface area contributed by atoms with E-state index in [0.29, 0.717) is 6.54 Å². The third kappa shape index (κ3) is 3.87. The molecule has 0 fully saturated rings. The van der Waals surface area contributed by atoms with E-state index in [1.807, 2.05) is 23.9 Å². The van der Waals surface area contributed by atoms with Crippen LogP contribution in [-0.4, -0.2) is 12.3 Å². The van der Waals surface area contributed by atoms with Crippen molar-refractivity contribution in [1.82, 2.24) is 0 Å². The maximum atomic E-state index is 5.30. The van der Waals surface area contributed by atoms with Gasteiger partial charge in [-0.25, -0.2) is 0 Å². The van der Waals surface area contributed by atoms with E-state index in [-0.39, 0.29) is 0 Å². The summed E-state index contributed by atoms with van der Waals surface area (Å²) in [6.45, 7) is 2.60. The Morgan fingerprint density at radius 1 is 1.29 bits per heavy atom. The van der Waals surface area contributed by atoms with Gasteiger partial charge in [-0.3, -0.25) is 0 Å². The summed E-state index contributed by atoms with van der Waals surface area (Å²) >= 11 is 1.93. The average Bonchev–Trinajstić information content (AvgIpc) is 2.25. The van der Waals surface area contributed by atoms with E-state index in [1.165, 1.54) is 5.56 Å². The number of thioether (sulfide) groups is 1. The molecule has 1 rings (SSSR count). The fourth-order valence-electron chi connectivity index (χ4n) is 1.06. The molecule has 0 aliphatic rings. The van der Waals surface area contributed by atoms with Gasteiger partial charge < -0.3 is 5.73 Å². The van der Waals surface area contributed by atoms with Crippen LogP contribution in [0.2, 0.25) is 0 Å². The summed E-state index contributed by atoms with van der Waals surface area (Å²) < 4.78 is 0. The molecule has 2 heteroatoms. The van der Waals surface area contributed by atoms with Gasteiger partial charge in [0.2, 0.25) is 0 Å². The second-order valence-electron chi connectivity index (χ2n) is 2.84. The number of hydrogen-bond donors (Lipinski definition) is 1. The summed E-state index contributed by atoms with van der Waals surface area (Å²) in [5.74, 6) is 8.09. The number of rotatable bonds is 3. The van der Waals surface area contributed by atoms with Crippen LogP contribution < -0.4 is 5.73 Å². The van der Waals surface area contributed by atoms with Crippen LogP contribution in [0.3, 0.4) is 0 Å². The maximum absolute atomic E-state index is 5.30. The molecule has 1 nitrogen and oxygen atoms in total. The van der Waals surface area contributed by atoms with Crippen molar-refractivity contribution in [1.29, 1.82) is 0 Å². The summed E-state index contributed by atoms with van der Waals surface area (Å²) in [4.78, 5) is 0. The van der Waals surface area contributed by atoms with E-state index in [0.717, 1.165) is 17.1 Å². The molecular formula is C12H15NS. The van der Waals surface area contributed by atoms with E-state index in [2.05, 4.69) is 30.9 Å². The molecule has 0 aliphatic carbocycles. The highest BCUT2D eigenvalue weighted by Crippen LogP contribution is 2.12. The molecule has 0 atom stereocenters. The zero-order valence-electron chi connectivity index (χ0n) is 8.42. The Labute approximate surface area is 90.1 Å². The van der Waals surface area contributed by atoms with Crippen LogP contribution in [0.15, 0.2) is 24.3 Å². The normalized spacial score (nSPS) is 9.29. The van der Waals surface area contributed by atoms with Crippen LogP contribution in [0.5, 0.6) is 0 Å². The van der Waals surface area contributed by atoms with E-state index < -0.39 is 0 Å². The molecule has 74 valence electrons. The molecule has 0 saturated carbocycles. The Balaban J connectivity index is 2.59. The Kier molecular flexibility index (Phi) is 5.21. The van der Waals surface area contributed by atoms with Gasteiger partial charge in [0.25, 0.3) is 0 Å². The third-order valence-corrected chi connectivity index (χ3v) is 2.71. The van der Waals surface area contributed by atoms with Crippen LogP contribution in [-0.2, 0) is 5.75 Å². The van der Waals surface area contributed by atoms with Crippen LogP contribution >= 0.6 is 11.8 Å². The van der Waals surface area contributed by atoms with Crippen molar-refractivity contribution in [3.63, 3.8) is 0 Å². The first-order chi connectivity index (χ1) is 6.86. The molecule has 0 amide bonds. The number of nitrogens with two attached hydrogens (primary N) is 1. The van der Waals surface area contributed by atoms with Gasteiger partial charge in [0.15, 0.2) is 0 Å². The minimum Gasteiger partial charge on any atom is -0.320 e. The Morgan fingerprint density at radius 2 is 2.00 bits per heavy atom. The molecule has 0 saturated heterocycles.